The number of rotatable bonds is 6. The number of benzene rings is 1. The predicted octanol–water partition coefficient (Wildman–Crippen LogP) is 0.910. The van der Waals surface area contributed by atoms with Crippen LogP contribution >= 0.6 is 0 Å². The zero-order valence-corrected chi connectivity index (χ0v) is 10.3. The molecular weight excluding hydrogens is 218 g/mol. The number of aryl methyl sites for hydroxylation is 1. The van der Waals surface area contributed by atoms with Crippen molar-refractivity contribution >= 4 is 5.96 Å². The van der Waals surface area contributed by atoms with Crippen molar-refractivity contribution in [3.8, 4) is 11.5 Å². The number of hydrogen-bond acceptors (Lipinski definition) is 3. The minimum atomic E-state index is 0.127. The lowest BCUT2D eigenvalue weighted by atomic mass is 10.1. The quantitative estimate of drug-likeness (QED) is 0.437. The van der Waals surface area contributed by atoms with Crippen molar-refractivity contribution in [2.24, 2.45) is 16.5 Å². The summed E-state index contributed by atoms with van der Waals surface area (Å²) in [6, 6.07) is 5.74. The van der Waals surface area contributed by atoms with E-state index in [0.717, 1.165) is 29.9 Å². The number of guanidine groups is 1. The normalized spacial score (nSPS) is 9.76. The highest BCUT2D eigenvalue weighted by molar-refractivity contribution is 5.75. The lowest BCUT2D eigenvalue weighted by Gasteiger charge is -2.09. The smallest absolute Gasteiger partial charge is 0.185 e. The van der Waals surface area contributed by atoms with Gasteiger partial charge >= 0.3 is 0 Å². The number of ether oxygens (including phenoxy) is 2. The van der Waals surface area contributed by atoms with Crippen LogP contribution in [0.2, 0.25) is 0 Å². The fourth-order valence-corrected chi connectivity index (χ4v) is 1.55. The van der Waals surface area contributed by atoms with Gasteiger partial charge in [0, 0.05) is 6.54 Å². The van der Waals surface area contributed by atoms with Gasteiger partial charge in [0.25, 0.3) is 0 Å². The van der Waals surface area contributed by atoms with Crippen LogP contribution in [0.3, 0.4) is 0 Å². The third-order valence-electron chi connectivity index (χ3n) is 2.39. The molecule has 1 aromatic rings. The van der Waals surface area contributed by atoms with E-state index in [4.69, 9.17) is 20.9 Å². The summed E-state index contributed by atoms with van der Waals surface area (Å²) < 4.78 is 10.5. The fourth-order valence-electron chi connectivity index (χ4n) is 1.55. The summed E-state index contributed by atoms with van der Waals surface area (Å²) in [5.74, 6) is 1.81. The van der Waals surface area contributed by atoms with Crippen LogP contribution in [-0.2, 0) is 6.42 Å². The Bertz CT molecular complexity index is 387. The van der Waals surface area contributed by atoms with Crippen LogP contribution < -0.4 is 20.9 Å². The van der Waals surface area contributed by atoms with Gasteiger partial charge < -0.3 is 20.9 Å². The van der Waals surface area contributed by atoms with Gasteiger partial charge in [0.15, 0.2) is 5.96 Å². The second kappa shape index (κ2) is 6.62. The van der Waals surface area contributed by atoms with Gasteiger partial charge in [0.1, 0.15) is 11.5 Å². The van der Waals surface area contributed by atoms with Crippen molar-refractivity contribution in [3.63, 3.8) is 0 Å². The number of nitrogens with zero attached hydrogens (tertiary/aromatic N) is 1. The molecule has 0 bridgehead atoms. The average Bonchev–Trinajstić information content (AvgIpc) is 2.34. The molecule has 1 aromatic carbocycles. The highest BCUT2D eigenvalue weighted by Crippen LogP contribution is 2.24. The number of aliphatic imine (C=N–C) groups is 1. The monoisotopic (exact) mass is 237 g/mol. The summed E-state index contributed by atoms with van der Waals surface area (Å²) in [4.78, 5) is 3.94. The molecule has 0 saturated carbocycles. The maximum atomic E-state index is 5.28. The number of hydrogen-bond donors (Lipinski definition) is 2. The molecule has 0 atom stereocenters. The first-order valence-corrected chi connectivity index (χ1v) is 5.43. The minimum absolute atomic E-state index is 0.127. The van der Waals surface area contributed by atoms with Crippen molar-refractivity contribution in [1.29, 1.82) is 0 Å². The predicted molar refractivity (Wildman–Crippen MR) is 68.5 cm³/mol. The Kier molecular flexibility index (Phi) is 5.13. The molecule has 0 radical (unpaired) electrons. The molecule has 0 aromatic heterocycles. The van der Waals surface area contributed by atoms with E-state index in [2.05, 4.69) is 4.99 Å². The zero-order chi connectivity index (χ0) is 12.7. The molecule has 1 rings (SSSR count). The van der Waals surface area contributed by atoms with E-state index < -0.39 is 0 Å². The van der Waals surface area contributed by atoms with Crippen LogP contribution in [0.25, 0.3) is 0 Å². The van der Waals surface area contributed by atoms with Crippen LogP contribution in [-0.4, -0.2) is 26.7 Å². The van der Waals surface area contributed by atoms with Crippen molar-refractivity contribution < 1.29 is 9.47 Å². The summed E-state index contributed by atoms with van der Waals surface area (Å²) in [6.07, 6.45) is 1.71. The van der Waals surface area contributed by atoms with Crippen LogP contribution in [0.5, 0.6) is 11.5 Å². The third-order valence-corrected chi connectivity index (χ3v) is 2.39. The van der Waals surface area contributed by atoms with Crippen molar-refractivity contribution in [3.05, 3.63) is 23.8 Å². The molecule has 0 aliphatic heterocycles. The summed E-state index contributed by atoms with van der Waals surface area (Å²) >= 11 is 0. The molecule has 94 valence electrons. The standard InChI is InChI=1S/C12H19N3O2/c1-16-10-5-6-11(17-2)9(8-10)4-3-7-15-12(13)14/h5-6,8H,3-4,7H2,1-2H3,(H4,13,14,15). The average molecular weight is 237 g/mol. The Morgan fingerprint density at radius 2 is 2.00 bits per heavy atom. The Labute approximate surface area is 101 Å². The van der Waals surface area contributed by atoms with Gasteiger partial charge in [-0.25, -0.2) is 0 Å². The first kappa shape index (κ1) is 13.2. The highest BCUT2D eigenvalue weighted by atomic mass is 16.5. The van der Waals surface area contributed by atoms with Crippen molar-refractivity contribution in [2.45, 2.75) is 12.8 Å². The molecule has 17 heavy (non-hydrogen) atoms. The molecule has 0 aliphatic rings. The summed E-state index contributed by atoms with van der Waals surface area (Å²) in [7, 11) is 3.30. The van der Waals surface area contributed by atoms with E-state index in [0.29, 0.717) is 6.54 Å². The van der Waals surface area contributed by atoms with Crippen LogP contribution in [0.4, 0.5) is 0 Å². The Balaban J connectivity index is 2.64. The van der Waals surface area contributed by atoms with Crippen molar-refractivity contribution in [2.75, 3.05) is 20.8 Å². The molecule has 0 heterocycles. The lowest BCUT2D eigenvalue weighted by Crippen LogP contribution is -2.23. The molecule has 0 amide bonds. The first-order chi connectivity index (χ1) is 8.17. The van der Waals surface area contributed by atoms with Gasteiger partial charge in [-0.1, -0.05) is 0 Å². The van der Waals surface area contributed by atoms with Gasteiger partial charge in [0.2, 0.25) is 0 Å². The molecule has 0 fully saturated rings. The Morgan fingerprint density at radius 3 is 2.59 bits per heavy atom. The number of nitrogens with two attached hydrogens (primary N) is 2. The van der Waals surface area contributed by atoms with Gasteiger partial charge in [-0.3, -0.25) is 4.99 Å². The second-order valence-corrected chi connectivity index (χ2v) is 3.59. The Hall–Kier alpha value is -1.91. The summed E-state index contributed by atoms with van der Waals surface area (Å²) in [5.41, 5.74) is 11.6. The van der Waals surface area contributed by atoms with E-state index in [1.54, 1.807) is 14.2 Å². The third kappa shape index (κ3) is 4.22. The molecule has 0 saturated heterocycles. The molecule has 0 spiro atoms. The van der Waals surface area contributed by atoms with E-state index in [1.165, 1.54) is 0 Å². The van der Waals surface area contributed by atoms with E-state index in [1.807, 2.05) is 18.2 Å². The van der Waals surface area contributed by atoms with E-state index >= 15 is 0 Å². The van der Waals surface area contributed by atoms with Gasteiger partial charge in [-0.2, -0.15) is 0 Å². The SMILES string of the molecule is COc1ccc(OC)c(CCCN=C(N)N)c1. The highest BCUT2D eigenvalue weighted by Gasteiger charge is 2.04. The zero-order valence-electron chi connectivity index (χ0n) is 10.3. The molecule has 5 heteroatoms. The van der Waals surface area contributed by atoms with Crippen LogP contribution in [0.15, 0.2) is 23.2 Å². The molecule has 5 nitrogen and oxygen atoms in total. The van der Waals surface area contributed by atoms with Gasteiger partial charge in [-0.05, 0) is 36.6 Å². The topological polar surface area (TPSA) is 82.9 Å². The first-order valence-electron chi connectivity index (χ1n) is 5.43. The summed E-state index contributed by atoms with van der Waals surface area (Å²) in [5, 5.41) is 0. The molecule has 4 N–H and O–H groups in total. The van der Waals surface area contributed by atoms with Crippen LogP contribution in [0.1, 0.15) is 12.0 Å². The van der Waals surface area contributed by atoms with Gasteiger partial charge in [0.05, 0.1) is 14.2 Å². The summed E-state index contributed by atoms with van der Waals surface area (Å²) in [6.45, 7) is 0.614. The largest absolute Gasteiger partial charge is 0.497 e. The second-order valence-electron chi connectivity index (χ2n) is 3.59. The minimum Gasteiger partial charge on any atom is -0.497 e. The maximum absolute atomic E-state index is 5.28. The lowest BCUT2D eigenvalue weighted by molar-refractivity contribution is 0.398. The Morgan fingerprint density at radius 1 is 1.24 bits per heavy atom. The molecular formula is C12H19N3O2. The molecule has 0 unspecified atom stereocenters. The maximum Gasteiger partial charge on any atom is 0.185 e. The van der Waals surface area contributed by atoms with E-state index in [-0.39, 0.29) is 5.96 Å². The fraction of sp³-hybridized carbons (Fsp3) is 0.417. The number of methoxy groups -OCH3 is 2. The van der Waals surface area contributed by atoms with E-state index in [9.17, 15) is 0 Å². The van der Waals surface area contributed by atoms with Gasteiger partial charge in [-0.15, -0.1) is 0 Å². The van der Waals surface area contributed by atoms with Crippen molar-refractivity contribution in [1.82, 2.24) is 0 Å². The molecule has 0 aliphatic carbocycles. The van der Waals surface area contributed by atoms with Crippen LogP contribution in [0, 0.1) is 0 Å².